The third kappa shape index (κ3) is 4.43. The topological polar surface area (TPSA) is 59.0 Å². The normalized spacial score (nSPS) is 23.5. The van der Waals surface area contributed by atoms with E-state index < -0.39 is 5.60 Å². The lowest BCUT2D eigenvalue weighted by molar-refractivity contribution is -0.141. The lowest BCUT2D eigenvalue weighted by atomic mass is 9.90. The summed E-state index contributed by atoms with van der Waals surface area (Å²) in [5.74, 6) is 0.611. The maximum absolute atomic E-state index is 12.4. The van der Waals surface area contributed by atoms with E-state index in [1.807, 2.05) is 11.8 Å². The van der Waals surface area contributed by atoms with E-state index in [0.717, 1.165) is 32.6 Å². The van der Waals surface area contributed by atoms with Crippen molar-refractivity contribution in [2.24, 2.45) is 5.92 Å². The van der Waals surface area contributed by atoms with Gasteiger partial charge >= 0.3 is 0 Å². The number of carbonyl (C=O) groups excluding carboxylic acids is 1. The van der Waals surface area contributed by atoms with Gasteiger partial charge in [-0.2, -0.15) is 0 Å². The first-order valence-corrected chi connectivity index (χ1v) is 7.78. The molecule has 2 rings (SSSR count). The summed E-state index contributed by atoms with van der Waals surface area (Å²) in [6, 6.07) is 0. The van der Waals surface area contributed by atoms with Gasteiger partial charge in [-0.15, -0.1) is 0 Å². The molecule has 0 saturated carbocycles. The molecule has 116 valence electrons. The minimum Gasteiger partial charge on any atom is -0.389 e. The Balaban J connectivity index is 1.84. The van der Waals surface area contributed by atoms with Gasteiger partial charge in [0.1, 0.15) is 0 Å². The first kappa shape index (κ1) is 15.7. The van der Waals surface area contributed by atoms with Gasteiger partial charge in [0.2, 0.25) is 5.91 Å². The Kier molecular flexibility index (Phi) is 5.81. The molecular formula is C15H27NO4. The molecule has 0 aromatic carbocycles. The van der Waals surface area contributed by atoms with Crippen molar-refractivity contribution in [1.29, 1.82) is 0 Å². The van der Waals surface area contributed by atoms with Gasteiger partial charge in [0, 0.05) is 52.4 Å². The molecule has 0 aromatic heterocycles. The van der Waals surface area contributed by atoms with Crippen LogP contribution in [0.4, 0.5) is 0 Å². The van der Waals surface area contributed by atoms with E-state index in [9.17, 15) is 9.90 Å². The highest BCUT2D eigenvalue weighted by Gasteiger charge is 2.34. The summed E-state index contributed by atoms with van der Waals surface area (Å²) in [7, 11) is 0. The number of aliphatic hydroxyl groups is 1. The third-order valence-electron chi connectivity index (χ3n) is 4.46. The molecule has 20 heavy (non-hydrogen) atoms. The van der Waals surface area contributed by atoms with Crippen LogP contribution in [0, 0.1) is 5.92 Å². The van der Waals surface area contributed by atoms with Gasteiger partial charge in [0.15, 0.2) is 0 Å². The molecule has 2 fully saturated rings. The first-order valence-electron chi connectivity index (χ1n) is 7.78. The number of amides is 1. The Morgan fingerprint density at radius 3 is 2.40 bits per heavy atom. The molecule has 0 spiro atoms. The average molecular weight is 285 g/mol. The van der Waals surface area contributed by atoms with Crippen LogP contribution in [0.1, 0.15) is 39.0 Å². The van der Waals surface area contributed by atoms with Crippen molar-refractivity contribution in [2.45, 2.75) is 44.6 Å². The molecule has 1 amide bonds. The van der Waals surface area contributed by atoms with Gasteiger partial charge in [-0.1, -0.05) is 0 Å². The highest BCUT2D eigenvalue weighted by molar-refractivity contribution is 5.77. The molecule has 1 N–H and O–H groups in total. The Morgan fingerprint density at radius 1 is 1.20 bits per heavy atom. The Morgan fingerprint density at radius 2 is 1.80 bits per heavy atom. The van der Waals surface area contributed by atoms with E-state index in [1.54, 1.807) is 0 Å². The predicted molar refractivity (Wildman–Crippen MR) is 75.4 cm³/mol. The average Bonchev–Trinajstić information content (AvgIpc) is 2.46. The van der Waals surface area contributed by atoms with E-state index in [1.165, 1.54) is 0 Å². The van der Waals surface area contributed by atoms with E-state index in [4.69, 9.17) is 9.47 Å². The monoisotopic (exact) mass is 285 g/mol. The fourth-order valence-electron chi connectivity index (χ4n) is 2.97. The molecule has 0 radical (unpaired) electrons. The lowest BCUT2D eigenvalue weighted by Crippen LogP contribution is -2.44. The highest BCUT2D eigenvalue weighted by Crippen LogP contribution is 2.25. The Hall–Kier alpha value is -0.650. The van der Waals surface area contributed by atoms with Gasteiger partial charge in [0.05, 0.1) is 12.0 Å². The van der Waals surface area contributed by atoms with Crippen LogP contribution in [-0.4, -0.2) is 61.0 Å². The fourth-order valence-corrected chi connectivity index (χ4v) is 2.97. The number of ether oxygens (including phenoxy) is 2. The van der Waals surface area contributed by atoms with Gasteiger partial charge < -0.3 is 19.5 Å². The van der Waals surface area contributed by atoms with Crippen LogP contribution in [-0.2, 0) is 14.3 Å². The number of rotatable bonds is 5. The van der Waals surface area contributed by atoms with Gasteiger partial charge in [-0.05, 0) is 25.7 Å². The van der Waals surface area contributed by atoms with E-state index >= 15 is 0 Å². The van der Waals surface area contributed by atoms with E-state index in [0.29, 0.717) is 38.5 Å². The summed E-state index contributed by atoms with van der Waals surface area (Å²) < 4.78 is 10.6. The zero-order valence-corrected chi connectivity index (χ0v) is 12.5. The Bertz CT molecular complexity index is 309. The minimum atomic E-state index is -0.863. The van der Waals surface area contributed by atoms with Crippen molar-refractivity contribution >= 4 is 5.91 Å². The molecule has 2 aliphatic heterocycles. The van der Waals surface area contributed by atoms with Crippen molar-refractivity contribution in [3.63, 3.8) is 0 Å². The van der Waals surface area contributed by atoms with Crippen molar-refractivity contribution in [3.05, 3.63) is 0 Å². The van der Waals surface area contributed by atoms with Crippen LogP contribution in [0.15, 0.2) is 0 Å². The van der Waals surface area contributed by atoms with Crippen molar-refractivity contribution in [1.82, 2.24) is 4.90 Å². The second-order valence-corrected chi connectivity index (χ2v) is 6.00. The first-order chi connectivity index (χ1) is 9.63. The summed E-state index contributed by atoms with van der Waals surface area (Å²) >= 11 is 0. The standard InChI is InChI=1S/C15H27NO4/c1-2-16(12-13-3-7-19-8-4-13)14(17)11-15(18)5-9-20-10-6-15/h13,18H,2-12H2,1H3. The number of hydrogen-bond acceptors (Lipinski definition) is 4. The smallest absolute Gasteiger partial charge is 0.225 e. The number of nitrogens with zero attached hydrogens (tertiary/aromatic N) is 1. The fraction of sp³-hybridized carbons (Fsp3) is 0.933. The minimum absolute atomic E-state index is 0.0726. The highest BCUT2D eigenvalue weighted by atomic mass is 16.5. The van der Waals surface area contributed by atoms with Crippen LogP contribution < -0.4 is 0 Å². The van der Waals surface area contributed by atoms with Crippen LogP contribution in [0.5, 0.6) is 0 Å². The lowest BCUT2D eigenvalue weighted by Gasteiger charge is -2.35. The van der Waals surface area contributed by atoms with Crippen LogP contribution in [0.2, 0.25) is 0 Å². The van der Waals surface area contributed by atoms with Crippen LogP contribution >= 0.6 is 0 Å². The zero-order valence-electron chi connectivity index (χ0n) is 12.5. The summed E-state index contributed by atoms with van der Waals surface area (Å²) in [5, 5.41) is 10.4. The van der Waals surface area contributed by atoms with Crippen molar-refractivity contribution in [2.75, 3.05) is 39.5 Å². The molecule has 0 unspecified atom stereocenters. The zero-order chi connectivity index (χ0) is 14.4. The largest absolute Gasteiger partial charge is 0.389 e. The van der Waals surface area contributed by atoms with Gasteiger partial charge in [-0.3, -0.25) is 4.79 Å². The second-order valence-electron chi connectivity index (χ2n) is 6.00. The van der Waals surface area contributed by atoms with Gasteiger partial charge in [-0.25, -0.2) is 0 Å². The summed E-state index contributed by atoms with van der Waals surface area (Å²) in [6.07, 6.45) is 3.42. The van der Waals surface area contributed by atoms with Crippen LogP contribution in [0.3, 0.4) is 0 Å². The van der Waals surface area contributed by atoms with Crippen molar-refractivity contribution < 1.29 is 19.4 Å². The summed E-state index contributed by atoms with van der Waals surface area (Å²) in [4.78, 5) is 14.3. The molecule has 5 nitrogen and oxygen atoms in total. The Labute approximate surface area is 121 Å². The number of hydrogen-bond donors (Lipinski definition) is 1. The van der Waals surface area contributed by atoms with E-state index in [-0.39, 0.29) is 12.3 Å². The maximum atomic E-state index is 12.4. The second kappa shape index (κ2) is 7.38. The van der Waals surface area contributed by atoms with Crippen LogP contribution in [0.25, 0.3) is 0 Å². The van der Waals surface area contributed by atoms with Gasteiger partial charge in [0.25, 0.3) is 0 Å². The molecule has 0 aromatic rings. The molecule has 2 aliphatic rings. The summed E-state index contributed by atoms with van der Waals surface area (Å²) in [5.41, 5.74) is -0.863. The molecular weight excluding hydrogens is 258 g/mol. The summed E-state index contributed by atoms with van der Waals surface area (Å²) in [6.45, 7) is 6.22. The molecule has 0 bridgehead atoms. The maximum Gasteiger partial charge on any atom is 0.225 e. The molecule has 2 saturated heterocycles. The molecule has 5 heteroatoms. The predicted octanol–water partition coefficient (Wildman–Crippen LogP) is 1.19. The van der Waals surface area contributed by atoms with Crippen molar-refractivity contribution in [3.8, 4) is 0 Å². The SMILES string of the molecule is CCN(CC1CCOCC1)C(=O)CC1(O)CCOCC1. The molecule has 0 atom stereocenters. The number of carbonyl (C=O) groups is 1. The molecule has 2 heterocycles. The molecule has 0 aliphatic carbocycles. The van der Waals surface area contributed by atoms with E-state index in [2.05, 4.69) is 0 Å². The quantitative estimate of drug-likeness (QED) is 0.824. The third-order valence-corrected chi connectivity index (χ3v) is 4.46.